The standard InChI is InChI=1S/C20H22ClN3O2S/c1-23-10-3-5-14(23)9-11-24-12-13-4-2-6-15(18(13)20(24)26)22-19(25)16-7-8-17(21)27-16/h2,4,6-8,14H,3,5,9-12H2,1H3,(H,22,25). The van der Waals surface area contributed by atoms with Crippen LogP contribution in [0.15, 0.2) is 30.3 Å². The smallest absolute Gasteiger partial charge is 0.265 e. The van der Waals surface area contributed by atoms with Crippen LogP contribution in [0.5, 0.6) is 0 Å². The molecule has 0 aliphatic carbocycles. The highest BCUT2D eigenvalue weighted by atomic mass is 35.5. The minimum absolute atomic E-state index is 0.00534. The Bertz CT molecular complexity index is 882. The minimum atomic E-state index is -0.237. The van der Waals surface area contributed by atoms with Crippen LogP contribution in [0.1, 0.15) is 44.9 Å². The molecule has 1 aromatic heterocycles. The summed E-state index contributed by atoms with van der Waals surface area (Å²) >= 11 is 7.14. The van der Waals surface area contributed by atoms with Crippen molar-refractivity contribution < 1.29 is 9.59 Å². The van der Waals surface area contributed by atoms with Crippen molar-refractivity contribution in [1.82, 2.24) is 9.80 Å². The molecule has 2 aliphatic heterocycles. The summed E-state index contributed by atoms with van der Waals surface area (Å²) in [6.45, 7) is 2.50. The first-order valence-corrected chi connectivity index (χ1v) is 10.4. The molecule has 1 atom stereocenters. The second-order valence-electron chi connectivity index (χ2n) is 7.19. The highest BCUT2D eigenvalue weighted by molar-refractivity contribution is 7.18. The van der Waals surface area contributed by atoms with Crippen molar-refractivity contribution in [3.8, 4) is 0 Å². The van der Waals surface area contributed by atoms with Crippen molar-refractivity contribution in [1.29, 1.82) is 0 Å². The normalized spacial score (nSPS) is 19.6. The average molecular weight is 404 g/mol. The van der Waals surface area contributed by atoms with Gasteiger partial charge in [0.1, 0.15) is 0 Å². The van der Waals surface area contributed by atoms with Crippen LogP contribution >= 0.6 is 22.9 Å². The molecule has 2 aromatic rings. The molecule has 4 rings (SSSR count). The molecular weight excluding hydrogens is 382 g/mol. The van der Waals surface area contributed by atoms with Crippen LogP contribution in [0, 0.1) is 0 Å². The Hall–Kier alpha value is -1.89. The fourth-order valence-corrected chi connectivity index (χ4v) is 4.91. The second-order valence-corrected chi connectivity index (χ2v) is 8.90. The van der Waals surface area contributed by atoms with Crippen LogP contribution in [-0.2, 0) is 6.54 Å². The van der Waals surface area contributed by atoms with E-state index in [1.165, 1.54) is 24.2 Å². The van der Waals surface area contributed by atoms with Crippen molar-refractivity contribution in [2.75, 3.05) is 25.5 Å². The molecule has 3 heterocycles. The van der Waals surface area contributed by atoms with E-state index in [1.807, 2.05) is 17.0 Å². The number of nitrogens with zero attached hydrogens (tertiary/aromatic N) is 2. The summed E-state index contributed by atoms with van der Waals surface area (Å²) in [5.74, 6) is -0.232. The number of halogens is 1. The molecule has 1 N–H and O–H groups in total. The molecule has 1 unspecified atom stereocenters. The molecule has 2 aliphatic rings. The molecule has 5 nitrogen and oxygen atoms in total. The van der Waals surface area contributed by atoms with Crippen LogP contribution in [0.3, 0.4) is 0 Å². The lowest BCUT2D eigenvalue weighted by Crippen LogP contribution is -2.32. The Balaban J connectivity index is 1.47. The predicted octanol–water partition coefficient (Wildman–Crippen LogP) is 4.09. The predicted molar refractivity (Wildman–Crippen MR) is 109 cm³/mol. The van der Waals surface area contributed by atoms with Gasteiger partial charge in [-0.1, -0.05) is 23.7 Å². The lowest BCUT2D eigenvalue weighted by molar-refractivity contribution is 0.0766. The third kappa shape index (κ3) is 3.74. The zero-order valence-corrected chi connectivity index (χ0v) is 16.8. The van der Waals surface area contributed by atoms with Gasteiger partial charge in [0, 0.05) is 19.1 Å². The summed E-state index contributed by atoms with van der Waals surface area (Å²) in [4.78, 5) is 30.2. The molecule has 0 spiro atoms. The maximum absolute atomic E-state index is 13.0. The Morgan fingerprint density at radius 3 is 2.89 bits per heavy atom. The van der Waals surface area contributed by atoms with Gasteiger partial charge in [0.15, 0.2) is 0 Å². The molecule has 27 heavy (non-hydrogen) atoms. The Morgan fingerprint density at radius 1 is 1.33 bits per heavy atom. The maximum Gasteiger partial charge on any atom is 0.265 e. The van der Waals surface area contributed by atoms with Gasteiger partial charge in [0.05, 0.1) is 20.5 Å². The van der Waals surface area contributed by atoms with Crippen LogP contribution in [0.2, 0.25) is 4.34 Å². The molecule has 0 bridgehead atoms. The average Bonchev–Trinajstić information content (AvgIpc) is 3.33. The molecule has 1 aromatic carbocycles. The fraction of sp³-hybridized carbons (Fsp3) is 0.400. The number of carbonyl (C=O) groups excluding carboxylic acids is 2. The van der Waals surface area contributed by atoms with Crippen LogP contribution in [0.4, 0.5) is 5.69 Å². The summed E-state index contributed by atoms with van der Waals surface area (Å²) in [6, 6.07) is 9.59. The third-order valence-corrected chi connectivity index (χ3v) is 6.69. The number of carbonyl (C=O) groups is 2. The van der Waals surface area contributed by atoms with Crippen molar-refractivity contribution in [3.63, 3.8) is 0 Å². The van der Waals surface area contributed by atoms with Gasteiger partial charge in [-0.15, -0.1) is 11.3 Å². The molecule has 2 amide bonds. The number of hydrogen-bond acceptors (Lipinski definition) is 4. The summed E-state index contributed by atoms with van der Waals surface area (Å²) in [7, 11) is 2.16. The second kappa shape index (κ2) is 7.62. The van der Waals surface area contributed by atoms with Crippen molar-refractivity contribution >= 4 is 40.4 Å². The van der Waals surface area contributed by atoms with E-state index in [9.17, 15) is 9.59 Å². The number of benzene rings is 1. The molecule has 1 fully saturated rings. The first-order valence-electron chi connectivity index (χ1n) is 9.21. The number of anilines is 1. The van der Waals surface area contributed by atoms with Gasteiger partial charge in [0.2, 0.25) is 0 Å². The summed E-state index contributed by atoms with van der Waals surface area (Å²) in [5.41, 5.74) is 2.17. The van der Waals surface area contributed by atoms with Gasteiger partial charge in [-0.3, -0.25) is 9.59 Å². The van der Waals surface area contributed by atoms with Crippen LogP contribution < -0.4 is 5.32 Å². The highest BCUT2D eigenvalue weighted by Crippen LogP contribution is 2.31. The van der Waals surface area contributed by atoms with E-state index < -0.39 is 0 Å². The lowest BCUT2D eigenvalue weighted by atomic mass is 10.1. The topological polar surface area (TPSA) is 52.6 Å². The Morgan fingerprint density at radius 2 is 2.19 bits per heavy atom. The number of amides is 2. The van der Waals surface area contributed by atoms with E-state index in [4.69, 9.17) is 11.6 Å². The van der Waals surface area contributed by atoms with Crippen LogP contribution in [0.25, 0.3) is 0 Å². The molecule has 1 saturated heterocycles. The van der Waals surface area contributed by atoms with Gasteiger partial charge in [-0.2, -0.15) is 0 Å². The Kier molecular flexibility index (Phi) is 5.21. The quantitative estimate of drug-likeness (QED) is 0.817. The number of hydrogen-bond donors (Lipinski definition) is 1. The first-order chi connectivity index (χ1) is 13.0. The van der Waals surface area contributed by atoms with Gasteiger partial charge < -0.3 is 15.1 Å². The maximum atomic E-state index is 13.0. The highest BCUT2D eigenvalue weighted by Gasteiger charge is 2.31. The zero-order valence-electron chi connectivity index (χ0n) is 15.2. The van der Waals surface area contributed by atoms with E-state index in [1.54, 1.807) is 18.2 Å². The number of nitrogens with one attached hydrogen (secondary N) is 1. The number of thiophene rings is 1. The molecular formula is C20H22ClN3O2S. The number of rotatable bonds is 5. The van der Waals surface area contributed by atoms with Gasteiger partial charge in [0.25, 0.3) is 11.8 Å². The van der Waals surface area contributed by atoms with Crippen molar-refractivity contribution in [2.24, 2.45) is 0 Å². The van der Waals surface area contributed by atoms with E-state index in [2.05, 4.69) is 17.3 Å². The van der Waals surface area contributed by atoms with E-state index in [0.717, 1.165) is 25.1 Å². The fourth-order valence-electron chi connectivity index (χ4n) is 3.97. The Labute approximate surface area is 167 Å². The number of likely N-dealkylation sites (tertiary alicyclic amines) is 1. The monoisotopic (exact) mass is 403 g/mol. The largest absolute Gasteiger partial charge is 0.334 e. The van der Waals surface area contributed by atoms with Crippen molar-refractivity contribution in [3.05, 3.63) is 50.7 Å². The van der Waals surface area contributed by atoms with E-state index in [0.29, 0.717) is 33.1 Å². The summed E-state index contributed by atoms with van der Waals surface area (Å²) in [5, 5.41) is 2.88. The molecule has 0 radical (unpaired) electrons. The van der Waals surface area contributed by atoms with Gasteiger partial charge in [-0.05, 0) is 56.6 Å². The van der Waals surface area contributed by atoms with E-state index in [-0.39, 0.29) is 11.8 Å². The summed E-state index contributed by atoms with van der Waals surface area (Å²) in [6.07, 6.45) is 3.43. The third-order valence-electron chi connectivity index (χ3n) is 5.46. The lowest BCUT2D eigenvalue weighted by Gasteiger charge is -2.23. The minimum Gasteiger partial charge on any atom is -0.334 e. The SMILES string of the molecule is CN1CCCC1CCN1Cc2cccc(NC(=O)c3ccc(Cl)s3)c2C1=O. The number of fused-ring (bicyclic) bond motifs is 1. The van der Waals surface area contributed by atoms with Crippen LogP contribution in [-0.4, -0.2) is 47.8 Å². The molecule has 7 heteroatoms. The summed E-state index contributed by atoms with van der Waals surface area (Å²) < 4.78 is 0.567. The first kappa shape index (κ1) is 18.5. The van der Waals surface area contributed by atoms with Crippen molar-refractivity contribution in [2.45, 2.75) is 31.8 Å². The van der Waals surface area contributed by atoms with Gasteiger partial charge in [-0.25, -0.2) is 0 Å². The molecule has 142 valence electrons. The van der Waals surface area contributed by atoms with Gasteiger partial charge >= 0.3 is 0 Å². The van der Waals surface area contributed by atoms with E-state index >= 15 is 0 Å². The molecule has 0 saturated carbocycles. The zero-order chi connectivity index (χ0) is 19.0.